The lowest BCUT2D eigenvalue weighted by Gasteiger charge is -1.73. The molecule has 0 N–H and O–H groups in total. The predicted molar refractivity (Wildman–Crippen MR) is 20.7 cm³/mol. The summed E-state index contributed by atoms with van der Waals surface area (Å²) in [5.74, 6) is 0. The number of rotatable bonds is 1. The minimum Gasteiger partial charge on any atom is -0.194 e. The van der Waals surface area contributed by atoms with Crippen molar-refractivity contribution in [1.82, 2.24) is 0 Å². The third kappa shape index (κ3) is 4.17. The van der Waals surface area contributed by atoms with Crippen molar-refractivity contribution in [2.75, 3.05) is 5.21 Å². The summed E-state index contributed by atoms with van der Waals surface area (Å²) in [6, 6.07) is 0. The summed E-state index contributed by atoms with van der Waals surface area (Å²) in [5, 5.41) is -0.951. The van der Waals surface area contributed by atoms with Crippen molar-refractivity contribution in [2.24, 2.45) is 0 Å². The Hall–Kier alpha value is 0.170. The summed E-state index contributed by atoms with van der Waals surface area (Å²) in [7, 11) is -4.40. The number of hydrogen-bond acceptors (Lipinski definition) is 2. The molecule has 0 amide bonds. The molecule has 0 rings (SSSR count). The predicted octanol–water partition coefficient (Wildman–Crippen LogP) is 0.482. The molecule has 0 heterocycles. The highest BCUT2D eigenvalue weighted by atomic mass is 35.5. The molecule has 0 aromatic carbocycles. The summed E-state index contributed by atoms with van der Waals surface area (Å²) >= 11 is 4.51. The van der Waals surface area contributed by atoms with Gasteiger partial charge in [0.2, 0.25) is 0 Å². The van der Waals surface area contributed by atoms with Gasteiger partial charge in [0.1, 0.15) is 0 Å². The third-order valence-corrected chi connectivity index (χ3v) is 1.17. The van der Waals surface area contributed by atoms with Crippen molar-refractivity contribution >= 4 is 21.8 Å². The van der Waals surface area contributed by atoms with Crippen molar-refractivity contribution in [3.63, 3.8) is 0 Å². The molecular formula is CH2ClFO2S. The summed E-state index contributed by atoms with van der Waals surface area (Å²) in [4.78, 5) is 0. The van der Waals surface area contributed by atoms with E-state index in [4.69, 9.17) is 0 Å². The molecule has 0 aromatic rings. The molecule has 5 heteroatoms. The standard InChI is InChI=1S/CH2ClFO2S/c2-1-6(3,4)5/h1H2. The van der Waals surface area contributed by atoms with Gasteiger partial charge in [0.25, 0.3) is 0 Å². The van der Waals surface area contributed by atoms with E-state index in [0.29, 0.717) is 0 Å². The van der Waals surface area contributed by atoms with Gasteiger partial charge < -0.3 is 0 Å². The van der Waals surface area contributed by atoms with Gasteiger partial charge in [-0.2, -0.15) is 8.42 Å². The fourth-order valence-electron chi connectivity index (χ4n) is 0. The Balaban J connectivity index is 3.85. The lowest BCUT2D eigenvalue weighted by molar-refractivity contribution is 0.557. The average Bonchev–Trinajstić information content (AvgIpc) is 1.35. The SMILES string of the molecule is O=S(=O)(F)CCl. The zero-order valence-electron chi connectivity index (χ0n) is 2.69. The average molecular weight is 133 g/mol. The molecule has 0 bridgehead atoms. The number of alkyl halides is 1. The van der Waals surface area contributed by atoms with Crippen LogP contribution < -0.4 is 0 Å². The van der Waals surface area contributed by atoms with Crippen LogP contribution in [-0.2, 0) is 10.2 Å². The molecule has 6 heavy (non-hydrogen) atoms. The summed E-state index contributed by atoms with van der Waals surface area (Å²) < 4.78 is 29.4. The molecular weight excluding hydrogens is 131 g/mol. The van der Waals surface area contributed by atoms with Crippen LogP contribution in [-0.4, -0.2) is 13.6 Å². The molecule has 0 aliphatic heterocycles. The van der Waals surface area contributed by atoms with E-state index in [2.05, 4.69) is 11.6 Å². The highest BCUT2D eigenvalue weighted by Gasteiger charge is 1.99. The van der Waals surface area contributed by atoms with Crippen molar-refractivity contribution in [1.29, 1.82) is 0 Å². The van der Waals surface area contributed by atoms with Crippen LogP contribution in [0.4, 0.5) is 3.89 Å². The second-order valence-electron chi connectivity index (χ2n) is 0.648. The molecule has 38 valence electrons. The lowest BCUT2D eigenvalue weighted by atomic mass is 11.9. The van der Waals surface area contributed by atoms with Crippen molar-refractivity contribution in [3.05, 3.63) is 0 Å². The van der Waals surface area contributed by atoms with Gasteiger partial charge in [0.05, 0.1) is 0 Å². The Bertz CT molecular complexity index is 116. The van der Waals surface area contributed by atoms with E-state index in [1.54, 1.807) is 0 Å². The van der Waals surface area contributed by atoms with E-state index in [9.17, 15) is 12.3 Å². The molecule has 0 fully saturated rings. The molecule has 0 aliphatic carbocycles. The van der Waals surface area contributed by atoms with Crippen LogP contribution in [0.1, 0.15) is 0 Å². The van der Waals surface area contributed by atoms with Crippen LogP contribution in [0.15, 0.2) is 0 Å². The molecule has 0 atom stereocenters. The van der Waals surface area contributed by atoms with Crippen LogP contribution in [0.2, 0.25) is 0 Å². The van der Waals surface area contributed by atoms with Gasteiger partial charge in [-0.15, -0.1) is 15.5 Å². The first-order valence-corrected chi connectivity index (χ1v) is 3.13. The van der Waals surface area contributed by atoms with Crippen molar-refractivity contribution in [3.8, 4) is 0 Å². The van der Waals surface area contributed by atoms with Gasteiger partial charge in [0.15, 0.2) is 5.21 Å². The Kier molecular flexibility index (Phi) is 1.80. The van der Waals surface area contributed by atoms with Gasteiger partial charge in [-0.25, -0.2) is 0 Å². The summed E-state index contributed by atoms with van der Waals surface area (Å²) in [6.07, 6.45) is 0. The largest absolute Gasteiger partial charge is 0.316 e. The second kappa shape index (κ2) is 1.75. The van der Waals surface area contributed by atoms with Crippen LogP contribution >= 0.6 is 11.6 Å². The maximum atomic E-state index is 11.0. The molecule has 0 aromatic heterocycles. The summed E-state index contributed by atoms with van der Waals surface area (Å²) in [5.41, 5.74) is 0. The smallest absolute Gasteiger partial charge is 0.194 e. The maximum Gasteiger partial charge on any atom is 0.316 e. The van der Waals surface area contributed by atoms with Crippen LogP contribution in [0, 0.1) is 0 Å². The number of hydrogen-bond donors (Lipinski definition) is 0. The van der Waals surface area contributed by atoms with E-state index < -0.39 is 15.4 Å². The van der Waals surface area contributed by atoms with Crippen LogP contribution in [0.3, 0.4) is 0 Å². The first-order chi connectivity index (χ1) is 2.56. The van der Waals surface area contributed by atoms with E-state index in [1.807, 2.05) is 0 Å². The normalized spacial score (nSPS) is 11.7. The first-order valence-electron chi connectivity index (χ1n) is 1.04. The molecule has 0 radical (unpaired) electrons. The fraction of sp³-hybridized carbons (Fsp3) is 1.00. The minimum atomic E-state index is -4.40. The first kappa shape index (κ1) is 6.17. The maximum absolute atomic E-state index is 11.0. The highest BCUT2D eigenvalue weighted by molar-refractivity contribution is 7.87. The van der Waals surface area contributed by atoms with Crippen molar-refractivity contribution < 1.29 is 12.3 Å². The van der Waals surface area contributed by atoms with E-state index >= 15 is 0 Å². The molecule has 0 spiro atoms. The summed E-state index contributed by atoms with van der Waals surface area (Å²) in [6.45, 7) is 0. The van der Waals surface area contributed by atoms with Gasteiger partial charge >= 0.3 is 10.2 Å². The Labute approximate surface area is 40.1 Å². The zero-order valence-corrected chi connectivity index (χ0v) is 4.26. The van der Waals surface area contributed by atoms with E-state index in [0.717, 1.165) is 0 Å². The Morgan fingerprint density at radius 2 is 1.83 bits per heavy atom. The molecule has 0 aliphatic rings. The molecule has 0 saturated heterocycles. The van der Waals surface area contributed by atoms with Gasteiger partial charge in [0, 0.05) is 0 Å². The van der Waals surface area contributed by atoms with Crippen LogP contribution in [0.25, 0.3) is 0 Å². The topological polar surface area (TPSA) is 34.1 Å². The zero-order chi connectivity index (χ0) is 5.21. The second-order valence-corrected chi connectivity index (χ2v) is 2.60. The van der Waals surface area contributed by atoms with Gasteiger partial charge in [-0.1, -0.05) is 0 Å². The molecule has 0 saturated carbocycles. The quantitative estimate of drug-likeness (QED) is 0.384. The minimum absolute atomic E-state index is 0.951. The molecule has 0 unspecified atom stereocenters. The monoisotopic (exact) mass is 132 g/mol. The van der Waals surface area contributed by atoms with Crippen LogP contribution in [0.5, 0.6) is 0 Å². The third-order valence-electron chi connectivity index (χ3n) is 0.130. The van der Waals surface area contributed by atoms with E-state index in [-0.39, 0.29) is 0 Å². The van der Waals surface area contributed by atoms with Gasteiger partial charge in [-0.3, -0.25) is 0 Å². The van der Waals surface area contributed by atoms with Gasteiger partial charge in [-0.05, 0) is 0 Å². The molecule has 2 nitrogen and oxygen atoms in total. The van der Waals surface area contributed by atoms with E-state index in [1.165, 1.54) is 0 Å². The fourth-order valence-corrected chi connectivity index (χ4v) is 0. The Morgan fingerprint density at radius 3 is 1.83 bits per heavy atom. The highest BCUT2D eigenvalue weighted by Crippen LogP contribution is 1.90. The lowest BCUT2D eigenvalue weighted by Crippen LogP contribution is -1.87. The van der Waals surface area contributed by atoms with Crippen molar-refractivity contribution in [2.45, 2.75) is 0 Å². The Morgan fingerprint density at radius 1 is 1.67 bits per heavy atom. The number of halogens is 2.